The molecule has 2 aliphatic heterocycles. The highest BCUT2D eigenvalue weighted by Crippen LogP contribution is 2.48. The van der Waals surface area contributed by atoms with Gasteiger partial charge in [-0.15, -0.1) is 0 Å². The molecule has 4 nitrogen and oxygen atoms in total. The molecule has 1 aromatic carbocycles. The second-order valence-corrected chi connectivity index (χ2v) is 6.12. The summed E-state index contributed by atoms with van der Waals surface area (Å²) in [5.74, 6) is 2.10. The van der Waals surface area contributed by atoms with Crippen molar-refractivity contribution in [2.24, 2.45) is 0 Å². The number of rotatable bonds is 3. The average Bonchev–Trinajstić information content (AvgIpc) is 3.23. The first-order valence-electron chi connectivity index (χ1n) is 8.00. The molecule has 0 saturated carbocycles. The fourth-order valence-electron chi connectivity index (χ4n) is 4.01. The fourth-order valence-corrected chi connectivity index (χ4v) is 4.01. The van der Waals surface area contributed by atoms with Crippen molar-refractivity contribution in [3.8, 4) is 0 Å². The lowest BCUT2D eigenvalue weighted by Gasteiger charge is -2.24. The Morgan fingerprint density at radius 2 is 2.14 bits per heavy atom. The lowest BCUT2D eigenvalue weighted by Crippen LogP contribution is -2.27. The third kappa shape index (κ3) is 2.18. The second-order valence-electron chi connectivity index (χ2n) is 6.12. The van der Waals surface area contributed by atoms with Gasteiger partial charge in [-0.1, -0.05) is 42.4 Å². The molecule has 110 valence electrons. The molecule has 0 N–H and O–H groups in total. The van der Waals surface area contributed by atoms with Crippen molar-refractivity contribution in [2.75, 3.05) is 6.54 Å². The van der Waals surface area contributed by atoms with E-state index in [1.807, 2.05) is 0 Å². The Morgan fingerprint density at radius 3 is 2.90 bits per heavy atom. The van der Waals surface area contributed by atoms with Crippen molar-refractivity contribution in [1.29, 1.82) is 0 Å². The number of aromatic nitrogens is 2. The zero-order valence-corrected chi connectivity index (χ0v) is 12.4. The molecule has 0 amide bonds. The maximum atomic E-state index is 5.34. The summed E-state index contributed by atoms with van der Waals surface area (Å²) >= 11 is 0. The molecule has 3 heterocycles. The van der Waals surface area contributed by atoms with Gasteiger partial charge in [0.1, 0.15) is 0 Å². The van der Waals surface area contributed by atoms with Gasteiger partial charge in [0.05, 0.1) is 0 Å². The monoisotopic (exact) mass is 283 g/mol. The molecule has 2 saturated heterocycles. The van der Waals surface area contributed by atoms with E-state index in [0.29, 0.717) is 18.0 Å². The molecule has 4 heteroatoms. The van der Waals surface area contributed by atoms with Gasteiger partial charge in [0.25, 0.3) is 0 Å². The molecule has 0 bridgehead atoms. The highest BCUT2D eigenvalue weighted by molar-refractivity contribution is 5.24. The molecule has 3 atom stereocenters. The second kappa shape index (κ2) is 5.26. The van der Waals surface area contributed by atoms with Crippen LogP contribution in [0.2, 0.25) is 0 Å². The minimum atomic E-state index is 0.418. The lowest BCUT2D eigenvalue weighted by molar-refractivity contribution is 0.243. The fraction of sp³-hybridized carbons (Fsp3) is 0.529. The van der Waals surface area contributed by atoms with E-state index in [-0.39, 0.29) is 0 Å². The predicted molar refractivity (Wildman–Crippen MR) is 79.9 cm³/mol. The van der Waals surface area contributed by atoms with Crippen LogP contribution in [-0.4, -0.2) is 27.6 Å². The number of hydrogen-bond donors (Lipinski definition) is 0. The van der Waals surface area contributed by atoms with Crippen molar-refractivity contribution >= 4 is 0 Å². The number of aryl methyl sites for hydroxylation is 1. The summed E-state index contributed by atoms with van der Waals surface area (Å²) in [6.45, 7) is 3.25. The van der Waals surface area contributed by atoms with Crippen molar-refractivity contribution < 1.29 is 4.52 Å². The molecule has 1 aromatic heterocycles. The summed E-state index contributed by atoms with van der Waals surface area (Å²) in [6, 6.07) is 11.9. The Bertz CT molecular complexity index is 610. The Hall–Kier alpha value is -1.68. The molecule has 21 heavy (non-hydrogen) atoms. The van der Waals surface area contributed by atoms with E-state index in [2.05, 4.69) is 52.3 Å². The summed E-state index contributed by atoms with van der Waals surface area (Å²) in [7, 11) is 0. The zero-order chi connectivity index (χ0) is 14.2. The van der Waals surface area contributed by atoms with Crippen LogP contribution in [0.5, 0.6) is 0 Å². The molecule has 4 rings (SSSR count). The van der Waals surface area contributed by atoms with Crippen LogP contribution in [-0.2, 0) is 6.42 Å². The summed E-state index contributed by atoms with van der Waals surface area (Å²) < 4.78 is 5.34. The maximum Gasteiger partial charge on any atom is 0.226 e. The van der Waals surface area contributed by atoms with E-state index in [0.717, 1.165) is 24.6 Å². The standard InChI is InChI=1S/C17H21N3O/c1-2-16-18-17(19-21-16)13-11-15(12-7-4-3-5-8-12)20-10-6-9-14(13)20/h3-5,7-8,13-15H,2,6,9-11H2,1H3/t13-,14+,15-/m1/s1. The minimum Gasteiger partial charge on any atom is -0.339 e. The number of hydrogen-bond acceptors (Lipinski definition) is 4. The Morgan fingerprint density at radius 1 is 1.29 bits per heavy atom. The van der Waals surface area contributed by atoms with Crippen molar-refractivity contribution in [3.63, 3.8) is 0 Å². The predicted octanol–water partition coefficient (Wildman–Crippen LogP) is 3.33. The molecule has 0 spiro atoms. The SMILES string of the molecule is CCc1nc([C@@H]2C[C@H](c3ccccc3)N3CCC[C@@H]23)no1. The van der Waals surface area contributed by atoms with Gasteiger partial charge < -0.3 is 4.52 Å². The van der Waals surface area contributed by atoms with Gasteiger partial charge in [-0.05, 0) is 31.4 Å². The molecule has 2 aliphatic rings. The van der Waals surface area contributed by atoms with Crippen molar-refractivity contribution in [2.45, 2.75) is 50.6 Å². The Labute approximate surface area is 125 Å². The highest BCUT2D eigenvalue weighted by Gasteiger charge is 2.46. The van der Waals surface area contributed by atoms with Gasteiger partial charge in [0.2, 0.25) is 5.89 Å². The van der Waals surface area contributed by atoms with Gasteiger partial charge in [-0.3, -0.25) is 4.90 Å². The van der Waals surface area contributed by atoms with E-state index < -0.39 is 0 Å². The summed E-state index contributed by atoms with van der Waals surface area (Å²) in [5, 5.41) is 4.24. The van der Waals surface area contributed by atoms with Crippen molar-refractivity contribution in [1.82, 2.24) is 15.0 Å². The molecular weight excluding hydrogens is 262 g/mol. The third-order valence-electron chi connectivity index (χ3n) is 4.99. The summed E-state index contributed by atoms with van der Waals surface area (Å²) in [4.78, 5) is 7.25. The van der Waals surface area contributed by atoms with Crippen LogP contribution in [0.25, 0.3) is 0 Å². The summed E-state index contributed by atoms with van der Waals surface area (Å²) in [6.07, 6.45) is 4.46. The van der Waals surface area contributed by atoms with Crippen molar-refractivity contribution in [3.05, 3.63) is 47.6 Å². The number of benzene rings is 1. The lowest BCUT2D eigenvalue weighted by atomic mass is 9.94. The van der Waals surface area contributed by atoms with Crippen LogP contribution < -0.4 is 0 Å². The minimum absolute atomic E-state index is 0.418. The van der Waals surface area contributed by atoms with Gasteiger partial charge in [0, 0.05) is 24.4 Å². The number of fused-ring (bicyclic) bond motifs is 1. The van der Waals surface area contributed by atoms with Crippen LogP contribution in [0.3, 0.4) is 0 Å². The largest absolute Gasteiger partial charge is 0.339 e. The smallest absolute Gasteiger partial charge is 0.226 e. The summed E-state index contributed by atoms with van der Waals surface area (Å²) in [5.41, 5.74) is 1.42. The first kappa shape index (κ1) is 13.0. The molecule has 2 aromatic rings. The molecule has 0 radical (unpaired) electrons. The highest BCUT2D eigenvalue weighted by atomic mass is 16.5. The van der Waals surface area contributed by atoms with Gasteiger partial charge in [-0.25, -0.2) is 0 Å². The molecule has 0 unspecified atom stereocenters. The molecule has 0 aliphatic carbocycles. The maximum absolute atomic E-state index is 5.34. The van der Waals surface area contributed by atoms with E-state index in [1.165, 1.54) is 24.9 Å². The van der Waals surface area contributed by atoms with Crippen LogP contribution in [0.4, 0.5) is 0 Å². The average molecular weight is 283 g/mol. The van der Waals surface area contributed by atoms with Crippen LogP contribution in [0.15, 0.2) is 34.9 Å². The van der Waals surface area contributed by atoms with Crippen LogP contribution in [0, 0.1) is 0 Å². The van der Waals surface area contributed by atoms with Gasteiger partial charge in [-0.2, -0.15) is 4.98 Å². The molecule has 2 fully saturated rings. The van der Waals surface area contributed by atoms with Gasteiger partial charge in [0.15, 0.2) is 5.82 Å². The first-order chi connectivity index (χ1) is 10.4. The number of nitrogens with zero attached hydrogens (tertiary/aromatic N) is 3. The Balaban J connectivity index is 1.64. The normalized spacial score (nSPS) is 28.9. The van der Waals surface area contributed by atoms with Gasteiger partial charge >= 0.3 is 0 Å². The van der Waals surface area contributed by atoms with E-state index in [9.17, 15) is 0 Å². The third-order valence-corrected chi connectivity index (χ3v) is 4.99. The zero-order valence-electron chi connectivity index (χ0n) is 12.4. The quantitative estimate of drug-likeness (QED) is 0.866. The van der Waals surface area contributed by atoms with Crippen LogP contribution >= 0.6 is 0 Å². The topological polar surface area (TPSA) is 42.2 Å². The van der Waals surface area contributed by atoms with E-state index >= 15 is 0 Å². The van der Waals surface area contributed by atoms with E-state index in [4.69, 9.17) is 4.52 Å². The van der Waals surface area contributed by atoms with Crippen LogP contribution in [0.1, 0.15) is 55.4 Å². The molecular formula is C17H21N3O. The Kier molecular flexibility index (Phi) is 3.26. The first-order valence-corrected chi connectivity index (χ1v) is 8.00. The van der Waals surface area contributed by atoms with E-state index in [1.54, 1.807) is 0 Å².